The number of hydrogen-bond donors (Lipinski definition) is 0. The second-order valence-corrected chi connectivity index (χ2v) is 12.3. The highest BCUT2D eigenvalue weighted by Gasteiger charge is 2.32. The van der Waals surface area contributed by atoms with E-state index in [0.29, 0.717) is 15.9 Å². The molecule has 7 rings (SSSR count). The number of aromatic nitrogens is 1. The first-order valence-electron chi connectivity index (χ1n) is 13.8. The number of ether oxygens (including phenoxy) is 2. The van der Waals surface area contributed by atoms with Gasteiger partial charge in [0.2, 0.25) is 0 Å². The maximum atomic E-state index is 14.1. The zero-order valence-electron chi connectivity index (χ0n) is 22.9. The summed E-state index contributed by atoms with van der Waals surface area (Å²) in [6.07, 6.45) is 3.71. The van der Waals surface area contributed by atoms with E-state index in [4.69, 9.17) is 14.5 Å². The highest BCUT2D eigenvalue weighted by molar-refractivity contribution is 9.10. The summed E-state index contributed by atoms with van der Waals surface area (Å²) in [5.74, 6) is 1.52. The van der Waals surface area contributed by atoms with E-state index >= 15 is 0 Å². The van der Waals surface area contributed by atoms with E-state index in [0.717, 1.165) is 56.8 Å². The van der Waals surface area contributed by atoms with Gasteiger partial charge in [-0.1, -0.05) is 87.9 Å². The highest BCUT2D eigenvalue weighted by Crippen LogP contribution is 2.41. The van der Waals surface area contributed by atoms with Crippen LogP contribution in [0.15, 0.2) is 117 Å². The van der Waals surface area contributed by atoms with Gasteiger partial charge in [-0.2, -0.15) is 0 Å². The summed E-state index contributed by atoms with van der Waals surface area (Å²) in [5.41, 5.74) is 7.57. The topological polar surface area (TPSA) is 52.8 Å². The zero-order chi connectivity index (χ0) is 28.6. The first kappa shape index (κ1) is 26.7. The summed E-state index contributed by atoms with van der Waals surface area (Å²) in [6.45, 7) is 0.465. The molecule has 0 bridgehead atoms. The molecule has 1 aliphatic heterocycles. The van der Waals surface area contributed by atoms with Crippen LogP contribution >= 0.6 is 27.3 Å². The number of aryl methyl sites for hydroxylation is 1. The number of hydrogen-bond acceptors (Lipinski definition) is 5. The second-order valence-electron chi connectivity index (χ2n) is 10.4. The Morgan fingerprint density at radius 3 is 2.62 bits per heavy atom. The maximum absolute atomic E-state index is 14.1. The van der Waals surface area contributed by atoms with Crippen molar-refractivity contribution in [2.24, 2.45) is 4.99 Å². The summed E-state index contributed by atoms with van der Waals surface area (Å²) < 4.78 is 15.2. The molecule has 2 aliphatic rings. The molecule has 0 amide bonds. The van der Waals surface area contributed by atoms with Crippen molar-refractivity contribution in [3.8, 4) is 11.5 Å². The van der Waals surface area contributed by atoms with Gasteiger partial charge in [0.05, 0.1) is 23.4 Å². The Kier molecular flexibility index (Phi) is 7.14. The predicted octanol–water partition coefficient (Wildman–Crippen LogP) is 6.67. The Labute approximate surface area is 255 Å². The van der Waals surface area contributed by atoms with Crippen molar-refractivity contribution in [3.05, 3.63) is 155 Å². The van der Waals surface area contributed by atoms with E-state index in [1.807, 2.05) is 77.4 Å². The minimum absolute atomic E-state index is 0.0434. The number of halogens is 1. The second kappa shape index (κ2) is 11.2. The fourth-order valence-corrected chi connectivity index (χ4v) is 6.99. The van der Waals surface area contributed by atoms with Gasteiger partial charge in [-0.25, -0.2) is 4.99 Å². The fourth-order valence-electron chi connectivity index (χ4n) is 5.73. The minimum Gasteiger partial charge on any atom is -0.497 e. The molecule has 1 atom stereocenters. The van der Waals surface area contributed by atoms with Crippen molar-refractivity contribution < 1.29 is 9.47 Å². The number of rotatable bonds is 6. The number of allylic oxidation sites excluding steroid dienone is 1. The van der Waals surface area contributed by atoms with Gasteiger partial charge < -0.3 is 9.47 Å². The maximum Gasteiger partial charge on any atom is 0.271 e. The third-order valence-electron chi connectivity index (χ3n) is 7.76. The molecule has 4 aromatic carbocycles. The van der Waals surface area contributed by atoms with E-state index in [9.17, 15) is 4.79 Å². The van der Waals surface area contributed by atoms with Crippen molar-refractivity contribution in [2.45, 2.75) is 25.5 Å². The Morgan fingerprint density at radius 1 is 0.952 bits per heavy atom. The summed E-state index contributed by atoms with van der Waals surface area (Å²) in [5, 5.41) is 0. The molecule has 0 N–H and O–H groups in total. The molecule has 5 aromatic rings. The van der Waals surface area contributed by atoms with Gasteiger partial charge in [-0.15, -0.1) is 0 Å². The van der Waals surface area contributed by atoms with Crippen molar-refractivity contribution in [3.63, 3.8) is 0 Å². The minimum atomic E-state index is -0.248. The van der Waals surface area contributed by atoms with Crippen LogP contribution < -0.4 is 24.4 Å². The van der Waals surface area contributed by atoms with Crippen LogP contribution in [0, 0.1) is 0 Å². The molecule has 0 saturated heterocycles. The molecule has 0 spiro atoms. The van der Waals surface area contributed by atoms with Crippen molar-refractivity contribution >= 4 is 39.0 Å². The average Bonchev–Trinajstić information content (AvgIpc) is 3.33. The van der Waals surface area contributed by atoms with Crippen LogP contribution in [0.2, 0.25) is 0 Å². The molecule has 0 radical (unpaired) electrons. The molecule has 0 saturated carbocycles. The van der Waals surface area contributed by atoms with E-state index < -0.39 is 0 Å². The van der Waals surface area contributed by atoms with Gasteiger partial charge >= 0.3 is 0 Å². The summed E-state index contributed by atoms with van der Waals surface area (Å²) in [6, 6.07) is 32.2. The average molecular weight is 636 g/mol. The Bertz CT molecular complexity index is 2020. The van der Waals surface area contributed by atoms with Crippen molar-refractivity contribution in [1.82, 2.24) is 4.57 Å². The zero-order valence-corrected chi connectivity index (χ0v) is 25.3. The molecular weight excluding hydrogens is 608 g/mol. The Morgan fingerprint density at radius 2 is 1.76 bits per heavy atom. The molecule has 42 heavy (non-hydrogen) atoms. The van der Waals surface area contributed by atoms with E-state index in [2.05, 4.69) is 46.3 Å². The number of thiazole rings is 1. The molecular formula is C35H27BrN2O3S. The largest absolute Gasteiger partial charge is 0.497 e. The molecule has 208 valence electrons. The summed E-state index contributed by atoms with van der Waals surface area (Å²) in [7, 11) is 1.67. The van der Waals surface area contributed by atoms with E-state index in [1.165, 1.54) is 22.5 Å². The molecule has 2 heterocycles. The van der Waals surface area contributed by atoms with Gasteiger partial charge in [-0.05, 0) is 83.1 Å². The molecule has 0 unspecified atom stereocenters. The fraction of sp³-hybridized carbons (Fsp3) is 0.143. The van der Waals surface area contributed by atoms with Crippen LogP contribution in [0.5, 0.6) is 11.5 Å². The highest BCUT2D eigenvalue weighted by atomic mass is 79.9. The first-order valence-corrected chi connectivity index (χ1v) is 15.4. The lowest BCUT2D eigenvalue weighted by Gasteiger charge is -2.31. The third-order valence-corrected chi connectivity index (χ3v) is 9.27. The molecule has 0 fully saturated rings. The van der Waals surface area contributed by atoms with Crippen LogP contribution in [0.3, 0.4) is 0 Å². The first-order chi connectivity index (χ1) is 20.6. The van der Waals surface area contributed by atoms with Crippen LogP contribution in [0.25, 0.3) is 11.8 Å². The molecule has 1 aromatic heterocycles. The normalized spacial score (nSPS) is 15.9. The van der Waals surface area contributed by atoms with Gasteiger partial charge in [0.1, 0.15) is 18.1 Å². The molecule has 5 nitrogen and oxygen atoms in total. The third kappa shape index (κ3) is 5.03. The van der Waals surface area contributed by atoms with Crippen LogP contribution in [-0.2, 0) is 13.0 Å². The SMILES string of the molecule is COc1cccc([C@@H]2C3=C(N=c4s/c(=C/c5cccc(OCc6ccc(Br)cc6)c5)c(=O)n42)c2ccccc2CC3)c1. The predicted molar refractivity (Wildman–Crippen MR) is 171 cm³/mol. The van der Waals surface area contributed by atoms with Crippen LogP contribution in [-0.4, -0.2) is 11.7 Å². The van der Waals surface area contributed by atoms with E-state index in [-0.39, 0.29) is 11.6 Å². The summed E-state index contributed by atoms with van der Waals surface area (Å²) in [4.78, 5) is 19.9. The lowest BCUT2D eigenvalue weighted by atomic mass is 9.83. The Balaban J connectivity index is 1.31. The smallest absolute Gasteiger partial charge is 0.271 e. The van der Waals surface area contributed by atoms with Gasteiger partial charge in [0, 0.05) is 10.0 Å². The number of nitrogens with zero attached hydrogens (tertiary/aromatic N) is 2. The van der Waals surface area contributed by atoms with Gasteiger partial charge in [0.25, 0.3) is 5.56 Å². The lowest BCUT2D eigenvalue weighted by Crippen LogP contribution is -2.38. The summed E-state index contributed by atoms with van der Waals surface area (Å²) >= 11 is 4.90. The number of benzene rings is 4. The molecule has 7 heteroatoms. The van der Waals surface area contributed by atoms with Crippen LogP contribution in [0.4, 0.5) is 0 Å². The number of fused-ring (bicyclic) bond motifs is 3. The van der Waals surface area contributed by atoms with Crippen LogP contribution in [0.1, 0.15) is 40.3 Å². The quantitative estimate of drug-likeness (QED) is 0.210. The monoisotopic (exact) mass is 634 g/mol. The lowest BCUT2D eigenvalue weighted by molar-refractivity contribution is 0.306. The van der Waals surface area contributed by atoms with Gasteiger partial charge in [-0.3, -0.25) is 9.36 Å². The number of methoxy groups -OCH3 is 1. The Hall–Kier alpha value is -4.20. The van der Waals surface area contributed by atoms with Gasteiger partial charge in [0.15, 0.2) is 4.80 Å². The standard InChI is InChI=1S/C35H27BrN2O3S/c1-40-27-9-5-8-25(20-27)33-30-17-14-24-7-2-3-11-29(24)32(30)37-35-38(33)34(39)31(42-35)19-23-6-4-10-28(18-23)41-21-22-12-15-26(36)16-13-22/h2-13,15-16,18-20,33H,14,17,21H2,1H3/b31-19+/t33-/m1/s1. The van der Waals surface area contributed by atoms with E-state index in [1.54, 1.807) is 7.11 Å². The van der Waals surface area contributed by atoms with Crippen molar-refractivity contribution in [1.29, 1.82) is 0 Å². The van der Waals surface area contributed by atoms with Crippen molar-refractivity contribution in [2.75, 3.05) is 7.11 Å². The molecule has 1 aliphatic carbocycles.